The molecule has 4 unspecified atom stereocenters. The van der Waals surface area contributed by atoms with Crippen LogP contribution in [-0.2, 0) is 24.0 Å². The second-order valence-electron chi connectivity index (χ2n) is 11.6. The first-order valence-corrected chi connectivity index (χ1v) is 15.0. The zero-order valence-electron chi connectivity index (χ0n) is 26.2. The Morgan fingerprint density at radius 1 is 1.07 bits per heavy atom. The molecule has 13 nitrogen and oxygen atoms in total. The summed E-state index contributed by atoms with van der Waals surface area (Å²) in [6.45, 7) is 7.20. The average molecular weight is 619 g/mol. The van der Waals surface area contributed by atoms with Gasteiger partial charge in [0.1, 0.15) is 29.5 Å². The molecule has 1 aliphatic heterocycles. The summed E-state index contributed by atoms with van der Waals surface area (Å²) < 4.78 is 13.7. The smallest absolute Gasteiger partial charge is 0.249 e. The van der Waals surface area contributed by atoms with Gasteiger partial charge in [-0.1, -0.05) is 32.9 Å². The van der Waals surface area contributed by atoms with Crippen molar-refractivity contribution in [3.05, 3.63) is 35.6 Å². The minimum atomic E-state index is -1.36. The number of guanidine groups is 1. The third-order valence-electron chi connectivity index (χ3n) is 7.57. The largest absolute Gasteiger partial charge is 0.370 e. The predicted octanol–water partition coefficient (Wildman–Crippen LogP) is 0.589. The van der Waals surface area contributed by atoms with Crippen LogP contribution in [0.5, 0.6) is 0 Å². The van der Waals surface area contributed by atoms with Crippen LogP contribution in [0.15, 0.2) is 29.3 Å². The Morgan fingerprint density at radius 3 is 2.30 bits per heavy atom. The summed E-state index contributed by atoms with van der Waals surface area (Å²) >= 11 is 0. The number of amides is 5. The number of carbonyl (C=O) groups excluding carboxylic acids is 5. The van der Waals surface area contributed by atoms with Gasteiger partial charge in [0.2, 0.25) is 29.5 Å². The molecule has 1 saturated heterocycles. The first-order chi connectivity index (χ1) is 20.7. The van der Waals surface area contributed by atoms with Crippen molar-refractivity contribution in [2.45, 2.75) is 89.9 Å². The Bertz CT molecular complexity index is 1200. The van der Waals surface area contributed by atoms with Gasteiger partial charge >= 0.3 is 0 Å². The van der Waals surface area contributed by atoms with Gasteiger partial charge in [-0.3, -0.25) is 29.0 Å². The number of hydrogen-bond donors (Lipinski definition) is 6. The third kappa shape index (κ3) is 10.5. The van der Waals surface area contributed by atoms with Crippen LogP contribution in [-0.4, -0.2) is 78.2 Å². The second-order valence-corrected chi connectivity index (χ2v) is 11.6. The number of likely N-dealkylation sites (N-methyl/N-ethyl adjacent to an activating group) is 1. The summed E-state index contributed by atoms with van der Waals surface area (Å²) in [5.74, 6) is -3.56. The van der Waals surface area contributed by atoms with Gasteiger partial charge in [-0.2, -0.15) is 0 Å². The Labute approximate surface area is 258 Å². The number of aliphatic imine (C=N–C) groups is 1. The van der Waals surface area contributed by atoms with Crippen molar-refractivity contribution < 1.29 is 28.4 Å². The Hall–Kier alpha value is -4.23. The predicted molar refractivity (Wildman–Crippen MR) is 164 cm³/mol. The zero-order chi connectivity index (χ0) is 33.0. The molecule has 5 amide bonds. The quantitative estimate of drug-likeness (QED) is 0.139. The maximum Gasteiger partial charge on any atom is 0.249 e. The van der Waals surface area contributed by atoms with Gasteiger partial charge in [0.05, 0.1) is 0 Å². The monoisotopic (exact) mass is 618 g/mol. The molecule has 4 atom stereocenters. The van der Waals surface area contributed by atoms with Crippen LogP contribution in [0.25, 0.3) is 0 Å². The number of nitrogens with one attached hydrogen (secondary N) is 4. The fourth-order valence-corrected chi connectivity index (χ4v) is 4.71. The molecule has 0 bridgehead atoms. The maximum atomic E-state index is 13.7. The molecule has 14 heteroatoms. The first kappa shape index (κ1) is 36.0. The van der Waals surface area contributed by atoms with Crippen LogP contribution in [0.3, 0.4) is 0 Å². The molecule has 0 aromatic heterocycles. The van der Waals surface area contributed by atoms with E-state index in [0.29, 0.717) is 31.4 Å². The number of nitrogens with zero attached hydrogens (tertiary/aromatic N) is 2. The minimum absolute atomic E-state index is 0.112. The minimum Gasteiger partial charge on any atom is -0.370 e. The summed E-state index contributed by atoms with van der Waals surface area (Å²) in [5, 5.41) is 11.0. The lowest BCUT2D eigenvalue weighted by molar-refractivity contribution is -0.138. The Balaban J connectivity index is 2.48. The van der Waals surface area contributed by atoms with Crippen LogP contribution < -0.4 is 32.7 Å². The molecule has 0 aliphatic carbocycles. The normalized spacial score (nSPS) is 24.2. The van der Waals surface area contributed by atoms with Crippen molar-refractivity contribution in [1.82, 2.24) is 26.2 Å². The van der Waals surface area contributed by atoms with Gasteiger partial charge in [-0.15, -0.1) is 0 Å². The van der Waals surface area contributed by atoms with Crippen molar-refractivity contribution >= 4 is 35.5 Å². The lowest BCUT2D eigenvalue weighted by Crippen LogP contribution is -2.62. The summed E-state index contributed by atoms with van der Waals surface area (Å²) in [6, 6.07) is 1.99. The van der Waals surface area contributed by atoms with Gasteiger partial charge in [0.15, 0.2) is 5.96 Å². The molecular weight excluding hydrogens is 571 g/mol. The lowest BCUT2D eigenvalue weighted by Gasteiger charge is -2.33. The molecule has 44 heavy (non-hydrogen) atoms. The van der Waals surface area contributed by atoms with E-state index in [1.54, 1.807) is 34.7 Å². The van der Waals surface area contributed by atoms with Gasteiger partial charge < -0.3 is 37.6 Å². The third-order valence-corrected chi connectivity index (χ3v) is 7.57. The number of hydrogen-bond acceptors (Lipinski definition) is 6. The maximum absolute atomic E-state index is 13.7. The van der Waals surface area contributed by atoms with Crippen molar-refractivity contribution in [1.29, 1.82) is 0 Å². The fourth-order valence-electron chi connectivity index (χ4n) is 4.71. The van der Waals surface area contributed by atoms with E-state index in [9.17, 15) is 28.4 Å². The highest BCUT2D eigenvalue weighted by molar-refractivity contribution is 5.97. The van der Waals surface area contributed by atoms with Crippen molar-refractivity contribution in [2.24, 2.45) is 22.4 Å². The van der Waals surface area contributed by atoms with Crippen molar-refractivity contribution in [2.75, 3.05) is 20.1 Å². The average Bonchev–Trinajstić information content (AvgIpc) is 2.97. The number of carbonyl (C=O) groups is 5. The molecule has 8 N–H and O–H groups in total. The standard InChI is InChI=1S/C30H47FN8O5/c1-6-21-25(41)37-23(19-11-13-20(31)14-12-19)27(43)39(5)17-8-7-15-30(4,38-24(40)18(2)3)28(44)36-22(26(42)35-21)10-9-16-34-29(32)33/h11-14,18,21-23H,6-10,15-17H2,1-5H3,(H,35,42)(H,36,44)(H,37,41)(H,38,40)(H4,32,33,34). The summed E-state index contributed by atoms with van der Waals surface area (Å²) in [6.07, 6.45) is 1.81. The van der Waals surface area contributed by atoms with E-state index >= 15 is 0 Å². The van der Waals surface area contributed by atoms with Crippen LogP contribution in [0.4, 0.5) is 4.39 Å². The van der Waals surface area contributed by atoms with E-state index in [0.717, 1.165) is 0 Å². The SMILES string of the molecule is CCC1NC(=O)C(CCCN=C(N)N)NC(=O)C(C)(NC(=O)C(C)C)CCCCN(C)C(=O)C(c2ccc(F)cc2)NC1=O. The van der Waals surface area contributed by atoms with Crippen molar-refractivity contribution in [3.63, 3.8) is 0 Å². The van der Waals surface area contributed by atoms with E-state index in [1.807, 2.05) is 0 Å². The van der Waals surface area contributed by atoms with Gasteiger partial charge in [-0.05, 0) is 63.1 Å². The van der Waals surface area contributed by atoms with E-state index in [2.05, 4.69) is 26.3 Å². The molecule has 1 heterocycles. The molecule has 1 aromatic carbocycles. The summed E-state index contributed by atoms with van der Waals surface area (Å²) in [4.78, 5) is 72.3. The van der Waals surface area contributed by atoms with E-state index < -0.39 is 59.0 Å². The number of halogens is 1. The summed E-state index contributed by atoms with van der Waals surface area (Å²) in [5.41, 5.74) is 9.85. The topological polar surface area (TPSA) is 201 Å². The molecule has 0 radical (unpaired) electrons. The van der Waals surface area contributed by atoms with Crippen LogP contribution >= 0.6 is 0 Å². The number of rotatable bonds is 8. The molecule has 1 aliphatic rings. The molecular formula is C30H47FN8O5. The summed E-state index contributed by atoms with van der Waals surface area (Å²) in [7, 11) is 1.59. The van der Waals surface area contributed by atoms with Gasteiger partial charge in [-0.25, -0.2) is 4.39 Å². The Kier molecular flexibility index (Phi) is 13.5. The zero-order valence-corrected chi connectivity index (χ0v) is 26.2. The van der Waals surface area contributed by atoms with Crippen LogP contribution in [0.2, 0.25) is 0 Å². The molecule has 0 spiro atoms. The molecule has 1 aromatic rings. The highest BCUT2D eigenvalue weighted by Gasteiger charge is 2.38. The van der Waals surface area contributed by atoms with Crippen LogP contribution in [0, 0.1) is 11.7 Å². The lowest BCUT2D eigenvalue weighted by atomic mass is 9.91. The van der Waals surface area contributed by atoms with Gasteiger partial charge in [0, 0.05) is 26.1 Å². The molecule has 0 saturated carbocycles. The van der Waals surface area contributed by atoms with E-state index in [1.165, 1.54) is 29.2 Å². The molecule has 2 rings (SSSR count). The van der Waals surface area contributed by atoms with E-state index in [4.69, 9.17) is 11.5 Å². The van der Waals surface area contributed by atoms with E-state index in [-0.39, 0.29) is 37.7 Å². The highest BCUT2D eigenvalue weighted by Crippen LogP contribution is 2.20. The fraction of sp³-hybridized carbons (Fsp3) is 0.600. The molecule has 1 fully saturated rings. The highest BCUT2D eigenvalue weighted by atomic mass is 19.1. The molecule has 244 valence electrons. The Morgan fingerprint density at radius 2 is 1.70 bits per heavy atom. The van der Waals surface area contributed by atoms with Crippen molar-refractivity contribution in [3.8, 4) is 0 Å². The second kappa shape index (κ2) is 16.6. The number of benzene rings is 1. The first-order valence-electron chi connectivity index (χ1n) is 15.0. The van der Waals surface area contributed by atoms with Crippen LogP contribution in [0.1, 0.15) is 77.8 Å². The van der Waals surface area contributed by atoms with Gasteiger partial charge in [0.25, 0.3) is 0 Å². The number of nitrogens with two attached hydrogens (primary N) is 2.